The second-order valence-corrected chi connectivity index (χ2v) is 8.98. The second kappa shape index (κ2) is 11.7. The van der Waals surface area contributed by atoms with Gasteiger partial charge in [0.25, 0.3) is 5.91 Å². The Kier molecular flexibility index (Phi) is 8.15. The lowest BCUT2D eigenvalue weighted by molar-refractivity contribution is -0.110. The average Bonchev–Trinajstić information content (AvgIpc) is 3.22. The van der Waals surface area contributed by atoms with E-state index < -0.39 is 5.97 Å². The average molecular weight is 485 g/mol. The fraction of sp³-hybridized carbons (Fsp3) is 0.241. The van der Waals surface area contributed by atoms with Crippen molar-refractivity contribution in [1.29, 1.82) is 0 Å². The molecule has 0 radical (unpaired) electrons. The number of esters is 1. The van der Waals surface area contributed by atoms with Crippen LogP contribution in [0.15, 0.2) is 72.8 Å². The third-order valence-corrected chi connectivity index (χ3v) is 6.01. The number of hydrogen-bond donors (Lipinski definition) is 3. The number of ether oxygens (including phenoxy) is 1. The van der Waals surface area contributed by atoms with Crippen molar-refractivity contribution in [3.05, 3.63) is 95.1 Å². The molecule has 1 aliphatic heterocycles. The number of carbonyl (C=O) groups excluding carboxylic acids is 2. The minimum Gasteiger partial charge on any atom is -0.465 e. The lowest BCUT2D eigenvalue weighted by Crippen LogP contribution is -2.20. The highest BCUT2D eigenvalue weighted by atomic mass is 16.5. The molecule has 1 heterocycles. The maximum Gasteiger partial charge on any atom is 0.337 e. The first-order valence-electron chi connectivity index (χ1n) is 12.0. The van der Waals surface area contributed by atoms with E-state index in [9.17, 15) is 9.59 Å². The van der Waals surface area contributed by atoms with E-state index >= 15 is 0 Å². The zero-order chi connectivity index (χ0) is 25.5. The van der Waals surface area contributed by atoms with Crippen LogP contribution < -0.4 is 16.0 Å². The quantitative estimate of drug-likeness (QED) is 0.224. The van der Waals surface area contributed by atoms with Gasteiger partial charge < -0.3 is 25.6 Å². The van der Waals surface area contributed by atoms with Crippen LogP contribution in [0.4, 0.5) is 11.4 Å². The molecule has 186 valence electrons. The fourth-order valence-electron chi connectivity index (χ4n) is 4.15. The molecular formula is C29H32N4O3. The number of benzene rings is 3. The summed E-state index contributed by atoms with van der Waals surface area (Å²) in [4.78, 5) is 27.3. The van der Waals surface area contributed by atoms with Crippen molar-refractivity contribution in [2.75, 3.05) is 44.9 Å². The predicted molar refractivity (Wildman–Crippen MR) is 145 cm³/mol. The SMILES string of the molecule is COC(=O)c1ccc2c(c1)NC(=O)/C2=C(\Nc1ccc(CNCCCN(C)C)cc1)c1ccccc1. The molecule has 0 atom stereocenters. The summed E-state index contributed by atoms with van der Waals surface area (Å²) >= 11 is 0. The van der Waals surface area contributed by atoms with E-state index in [1.54, 1.807) is 18.2 Å². The van der Waals surface area contributed by atoms with Gasteiger partial charge in [0.05, 0.1) is 29.6 Å². The summed E-state index contributed by atoms with van der Waals surface area (Å²) in [5, 5.41) is 9.85. The van der Waals surface area contributed by atoms with E-state index in [1.807, 2.05) is 42.5 Å². The van der Waals surface area contributed by atoms with Gasteiger partial charge in [-0.1, -0.05) is 48.5 Å². The summed E-state index contributed by atoms with van der Waals surface area (Å²) < 4.78 is 4.82. The van der Waals surface area contributed by atoms with Gasteiger partial charge >= 0.3 is 5.97 Å². The summed E-state index contributed by atoms with van der Waals surface area (Å²) in [6, 6.07) is 23.1. The number of amides is 1. The van der Waals surface area contributed by atoms with E-state index in [0.717, 1.165) is 42.9 Å². The highest BCUT2D eigenvalue weighted by Crippen LogP contribution is 2.38. The van der Waals surface area contributed by atoms with E-state index in [2.05, 4.69) is 47.1 Å². The molecule has 0 unspecified atom stereocenters. The van der Waals surface area contributed by atoms with Crippen LogP contribution >= 0.6 is 0 Å². The summed E-state index contributed by atoms with van der Waals surface area (Å²) in [5.41, 5.74) is 5.90. The molecule has 1 aliphatic rings. The smallest absolute Gasteiger partial charge is 0.337 e. The van der Waals surface area contributed by atoms with Crippen molar-refractivity contribution in [2.24, 2.45) is 0 Å². The molecule has 0 bridgehead atoms. The van der Waals surface area contributed by atoms with E-state index in [-0.39, 0.29) is 5.91 Å². The molecule has 0 fully saturated rings. The molecule has 0 aliphatic carbocycles. The maximum atomic E-state index is 13.1. The largest absolute Gasteiger partial charge is 0.465 e. The molecule has 3 aromatic rings. The van der Waals surface area contributed by atoms with E-state index in [1.165, 1.54) is 12.7 Å². The molecule has 1 amide bonds. The molecule has 0 saturated heterocycles. The number of methoxy groups -OCH3 is 1. The molecule has 0 saturated carbocycles. The molecule has 3 aromatic carbocycles. The fourth-order valence-corrected chi connectivity index (χ4v) is 4.15. The molecule has 0 spiro atoms. The second-order valence-electron chi connectivity index (χ2n) is 8.98. The van der Waals surface area contributed by atoms with Crippen molar-refractivity contribution in [1.82, 2.24) is 10.2 Å². The third-order valence-electron chi connectivity index (χ3n) is 6.01. The number of fused-ring (bicyclic) bond motifs is 1. The molecule has 7 heteroatoms. The van der Waals surface area contributed by atoms with E-state index in [0.29, 0.717) is 22.5 Å². The Bertz CT molecular complexity index is 1250. The van der Waals surface area contributed by atoms with Gasteiger partial charge in [0.2, 0.25) is 0 Å². The standard InChI is InChI=1S/C29H32N4O3/c1-33(2)17-7-16-30-19-20-10-13-23(14-11-20)31-27(21-8-5-4-6-9-21)26-24-15-12-22(29(35)36-3)18-25(24)32-28(26)34/h4-6,8-15,18,30-31H,7,16-17,19H2,1-3H3,(H,32,34)/b27-26-. The molecule has 36 heavy (non-hydrogen) atoms. The van der Waals surface area contributed by atoms with Gasteiger partial charge in [-0.2, -0.15) is 0 Å². The zero-order valence-corrected chi connectivity index (χ0v) is 20.9. The van der Waals surface area contributed by atoms with E-state index in [4.69, 9.17) is 4.74 Å². The van der Waals surface area contributed by atoms with Crippen molar-refractivity contribution >= 4 is 34.5 Å². The number of rotatable bonds is 10. The Morgan fingerprint density at radius 1 is 0.972 bits per heavy atom. The van der Waals surface area contributed by atoms with Crippen molar-refractivity contribution in [3.8, 4) is 0 Å². The summed E-state index contributed by atoms with van der Waals surface area (Å²) in [6.45, 7) is 2.83. The first kappa shape index (κ1) is 25.2. The Morgan fingerprint density at radius 2 is 1.72 bits per heavy atom. The van der Waals surface area contributed by atoms with Crippen molar-refractivity contribution in [2.45, 2.75) is 13.0 Å². The Hall–Kier alpha value is -3.94. The molecular weight excluding hydrogens is 452 g/mol. The monoisotopic (exact) mass is 484 g/mol. The number of carbonyl (C=O) groups is 2. The van der Waals surface area contributed by atoms with Crippen LogP contribution in [0.25, 0.3) is 11.3 Å². The van der Waals surface area contributed by atoms with Gasteiger partial charge in [-0.25, -0.2) is 4.79 Å². The van der Waals surface area contributed by atoms with Gasteiger partial charge in [-0.15, -0.1) is 0 Å². The lowest BCUT2D eigenvalue weighted by Gasteiger charge is -2.15. The lowest BCUT2D eigenvalue weighted by atomic mass is 9.99. The van der Waals surface area contributed by atoms with Crippen LogP contribution in [0.5, 0.6) is 0 Å². The molecule has 0 aromatic heterocycles. The van der Waals surface area contributed by atoms with Crippen LogP contribution in [0.2, 0.25) is 0 Å². The van der Waals surface area contributed by atoms with Gasteiger partial charge in [0, 0.05) is 17.8 Å². The van der Waals surface area contributed by atoms with Crippen LogP contribution in [-0.4, -0.2) is 51.1 Å². The van der Waals surface area contributed by atoms with Crippen molar-refractivity contribution in [3.63, 3.8) is 0 Å². The Labute approximate surface area is 212 Å². The summed E-state index contributed by atoms with van der Waals surface area (Å²) in [7, 11) is 5.50. The number of hydrogen-bond acceptors (Lipinski definition) is 6. The zero-order valence-electron chi connectivity index (χ0n) is 20.9. The normalized spacial score (nSPS) is 13.8. The highest BCUT2D eigenvalue weighted by molar-refractivity contribution is 6.37. The first-order chi connectivity index (χ1) is 17.5. The van der Waals surface area contributed by atoms with Crippen LogP contribution in [0.1, 0.15) is 33.5 Å². The Morgan fingerprint density at radius 3 is 2.42 bits per heavy atom. The summed E-state index contributed by atoms with van der Waals surface area (Å²) in [6.07, 6.45) is 1.10. The van der Waals surface area contributed by atoms with Crippen LogP contribution in [0, 0.1) is 0 Å². The minimum absolute atomic E-state index is 0.225. The first-order valence-corrected chi connectivity index (χ1v) is 12.0. The Balaban J connectivity index is 1.59. The van der Waals surface area contributed by atoms with Gasteiger partial charge in [0.15, 0.2) is 0 Å². The van der Waals surface area contributed by atoms with Crippen molar-refractivity contribution < 1.29 is 14.3 Å². The molecule has 3 N–H and O–H groups in total. The van der Waals surface area contributed by atoms with Gasteiger partial charge in [-0.3, -0.25) is 4.79 Å². The third kappa shape index (κ3) is 6.00. The predicted octanol–water partition coefficient (Wildman–Crippen LogP) is 4.45. The minimum atomic E-state index is -0.446. The molecule has 4 rings (SSSR count). The number of anilines is 2. The highest BCUT2D eigenvalue weighted by Gasteiger charge is 2.29. The van der Waals surface area contributed by atoms with Gasteiger partial charge in [0.1, 0.15) is 0 Å². The molecule has 7 nitrogen and oxygen atoms in total. The van der Waals surface area contributed by atoms with Crippen LogP contribution in [0.3, 0.4) is 0 Å². The topological polar surface area (TPSA) is 82.7 Å². The van der Waals surface area contributed by atoms with Gasteiger partial charge in [-0.05, 0) is 69.0 Å². The van der Waals surface area contributed by atoms with Crippen LogP contribution in [-0.2, 0) is 16.1 Å². The number of nitrogens with one attached hydrogen (secondary N) is 3. The summed E-state index contributed by atoms with van der Waals surface area (Å²) in [5.74, 6) is -0.671. The maximum absolute atomic E-state index is 13.1. The number of nitrogens with zero attached hydrogens (tertiary/aromatic N) is 1.